The fraction of sp³-hybridized carbons (Fsp3) is 1.00. The van der Waals surface area contributed by atoms with E-state index in [-0.39, 0.29) is 29.5 Å². The number of hydrogen-bond donors (Lipinski definition) is 0. The molecule has 4 heteroatoms. The maximum atomic E-state index is 6.19. The van der Waals surface area contributed by atoms with Crippen LogP contribution in [-0.2, 0) is 18.9 Å². The normalized spacial score (nSPS) is 39.0. The van der Waals surface area contributed by atoms with Crippen LogP contribution in [0, 0.1) is 0 Å². The summed E-state index contributed by atoms with van der Waals surface area (Å²) in [4.78, 5) is 0. The Labute approximate surface area is 116 Å². The van der Waals surface area contributed by atoms with E-state index in [4.69, 9.17) is 18.9 Å². The van der Waals surface area contributed by atoms with Crippen LogP contribution in [-0.4, -0.2) is 48.3 Å². The van der Waals surface area contributed by atoms with Gasteiger partial charge < -0.3 is 18.9 Å². The highest BCUT2D eigenvalue weighted by Gasteiger charge is 2.62. The molecule has 2 bridgehead atoms. The molecule has 0 saturated carbocycles. The van der Waals surface area contributed by atoms with E-state index in [2.05, 4.69) is 41.5 Å². The maximum Gasteiger partial charge on any atom is 0.144 e. The molecule has 2 fully saturated rings. The van der Waals surface area contributed by atoms with Crippen molar-refractivity contribution in [2.45, 2.75) is 83.6 Å². The molecular formula is C15H28O4. The summed E-state index contributed by atoms with van der Waals surface area (Å²) >= 11 is 0. The van der Waals surface area contributed by atoms with Crippen molar-refractivity contribution in [2.75, 3.05) is 13.2 Å². The monoisotopic (exact) mass is 272 g/mol. The van der Waals surface area contributed by atoms with Crippen LogP contribution in [0.25, 0.3) is 0 Å². The third kappa shape index (κ3) is 3.30. The zero-order chi connectivity index (χ0) is 14.5. The Morgan fingerprint density at radius 1 is 1.11 bits per heavy atom. The lowest BCUT2D eigenvalue weighted by molar-refractivity contribution is -0.190. The number of ether oxygens (including phenoxy) is 4. The quantitative estimate of drug-likeness (QED) is 0.791. The van der Waals surface area contributed by atoms with Crippen molar-refractivity contribution in [1.82, 2.24) is 0 Å². The smallest absolute Gasteiger partial charge is 0.144 e. The molecule has 0 aliphatic carbocycles. The highest BCUT2D eigenvalue weighted by molar-refractivity contribution is 5.09. The van der Waals surface area contributed by atoms with Gasteiger partial charge in [0.05, 0.1) is 30.5 Å². The molecule has 2 heterocycles. The molecule has 2 rings (SSSR count). The molecule has 2 saturated heterocycles. The predicted molar refractivity (Wildman–Crippen MR) is 73.3 cm³/mol. The van der Waals surface area contributed by atoms with Crippen molar-refractivity contribution in [2.24, 2.45) is 0 Å². The molecule has 2 aliphatic rings. The minimum atomic E-state index is -0.454. The first-order valence-corrected chi connectivity index (χ1v) is 7.14. The van der Waals surface area contributed by atoms with Gasteiger partial charge in [0.2, 0.25) is 0 Å². The van der Waals surface area contributed by atoms with E-state index in [1.54, 1.807) is 0 Å². The first-order chi connectivity index (χ1) is 8.53. The Balaban J connectivity index is 2.12. The van der Waals surface area contributed by atoms with Crippen LogP contribution < -0.4 is 0 Å². The topological polar surface area (TPSA) is 36.9 Å². The Hall–Kier alpha value is -0.160. The van der Waals surface area contributed by atoms with Gasteiger partial charge in [-0.1, -0.05) is 0 Å². The van der Waals surface area contributed by atoms with Gasteiger partial charge in [0.1, 0.15) is 17.8 Å². The third-order valence-electron chi connectivity index (χ3n) is 3.45. The van der Waals surface area contributed by atoms with Gasteiger partial charge in [-0.25, -0.2) is 0 Å². The molecule has 0 N–H and O–H groups in total. The summed E-state index contributed by atoms with van der Waals surface area (Å²) in [6, 6.07) is 0. The summed E-state index contributed by atoms with van der Waals surface area (Å²) in [5.74, 6) is 0. The average molecular weight is 272 g/mol. The summed E-state index contributed by atoms with van der Waals surface area (Å²) in [5, 5.41) is 0. The SMILES string of the molecule is C[C@@H]1O[C@]2(COC(C)(C)C)COC1[C@H]2OC(C)(C)C. The molecule has 0 spiro atoms. The summed E-state index contributed by atoms with van der Waals surface area (Å²) in [6.07, 6.45) is 0.0253. The molecule has 19 heavy (non-hydrogen) atoms. The van der Waals surface area contributed by atoms with Gasteiger partial charge in [-0.3, -0.25) is 0 Å². The molecule has 4 nitrogen and oxygen atoms in total. The van der Waals surface area contributed by atoms with Crippen LogP contribution in [0.5, 0.6) is 0 Å². The van der Waals surface area contributed by atoms with Crippen LogP contribution in [0.15, 0.2) is 0 Å². The minimum absolute atomic E-state index is 0.0165. The molecule has 0 amide bonds. The zero-order valence-corrected chi connectivity index (χ0v) is 13.3. The lowest BCUT2D eigenvalue weighted by atomic mass is 9.97. The van der Waals surface area contributed by atoms with Gasteiger partial charge >= 0.3 is 0 Å². The van der Waals surface area contributed by atoms with E-state index in [0.29, 0.717) is 13.2 Å². The van der Waals surface area contributed by atoms with E-state index in [9.17, 15) is 0 Å². The second kappa shape index (κ2) is 4.69. The fourth-order valence-electron chi connectivity index (χ4n) is 2.68. The summed E-state index contributed by atoms with van der Waals surface area (Å²) in [7, 11) is 0. The lowest BCUT2D eigenvalue weighted by Crippen LogP contribution is -2.50. The highest BCUT2D eigenvalue weighted by atomic mass is 16.7. The average Bonchev–Trinajstić information content (AvgIpc) is 2.64. The van der Waals surface area contributed by atoms with E-state index in [0.717, 1.165) is 0 Å². The second-order valence-electron chi connectivity index (χ2n) is 7.72. The van der Waals surface area contributed by atoms with Crippen LogP contribution in [0.4, 0.5) is 0 Å². The lowest BCUT2D eigenvalue weighted by Gasteiger charge is -2.35. The summed E-state index contributed by atoms with van der Waals surface area (Å²) in [5.41, 5.74) is -0.851. The minimum Gasteiger partial charge on any atom is -0.373 e. The number of hydrogen-bond acceptors (Lipinski definition) is 4. The van der Waals surface area contributed by atoms with Crippen LogP contribution >= 0.6 is 0 Å². The Kier molecular flexibility index (Phi) is 3.76. The highest BCUT2D eigenvalue weighted by Crippen LogP contribution is 2.43. The first kappa shape index (κ1) is 15.2. The van der Waals surface area contributed by atoms with Crippen molar-refractivity contribution < 1.29 is 18.9 Å². The number of fused-ring (bicyclic) bond motifs is 2. The molecule has 0 aromatic carbocycles. The molecule has 0 aromatic rings. The predicted octanol–water partition coefficient (Wildman–Crippen LogP) is 2.54. The molecule has 4 atom stereocenters. The van der Waals surface area contributed by atoms with E-state index in [1.807, 2.05) is 6.92 Å². The summed E-state index contributed by atoms with van der Waals surface area (Å²) in [6.45, 7) is 15.5. The van der Waals surface area contributed by atoms with Crippen molar-refractivity contribution >= 4 is 0 Å². The van der Waals surface area contributed by atoms with Crippen LogP contribution in [0.3, 0.4) is 0 Å². The molecule has 112 valence electrons. The maximum absolute atomic E-state index is 6.19. The largest absolute Gasteiger partial charge is 0.373 e. The third-order valence-corrected chi connectivity index (χ3v) is 3.45. The van der Waals surface area contributed by atoms with Crippen molar-refractivity contribution in [3.05, 3.63) is 0 Å². The van der Waals surface area contributed by atoms with Crippen LogP contribution in [0.1, 0.15) is 48.5 Å². The van der Waals surface area contributed by atoms with Crippen molar-refractivity contribution in [3.8, 4) is 0 Å². The van der Waals surface area contributed by atoms with Gasteiger partial charge in [-0.15, -0.1) is 0 Å². The molecular weight excluding hydrogens is 244 g/mol. The van der Waals surface area contributed by atoms with Crippen LogP contribution in [0.2, 0.25) is 0 Å². The zero-order valence-electron chi connectivity index (χ0n) is 13.3. The number of rotatable bonds is 3. The Morgan fingerprint density at radius 2 is 1.74 bits per heavy atom. The molecule has 2 aliphatic heterocycles. The van der Waals surface area contributed by atoms with E-state index < -0.39 is 5.60 Å². The molecule has 1 unspecified atom stereocenters. The van der Waals surface area contributed by atoms with Crippen molar-refractivity contribution in [3.63, 3.8) is 0 Å². The van der Waals surface area contributed by atoms with Gasteiger partial charge in [0, 0.05) is 0 Å². The second-order valence-corrected chi connectivity index (χ2v) is 7.72. The Bertz CT molecular complexity index is 328. The Morgan fingerprint density at radius 3 is 2.21 bits per heavy atom. The van der Waals surface area contributed by atoms with Gasteiger partial charge in [-0.05, 0) is 48.5 Å². The van der Waals surface area contributed by atoms with Gasteiger partial charge in [0.15, 0.2) is 0 Å². The molecule has 0 radical (unpaired) electrons. The van der Waals surface area contributed by atoms with Crippen molar-refractivity contribution in [1.29, 1.82) is 0 Å². The van der Waals surface area contributed by atoms with E-state index >= 15 is 0 Å². The van der Waals surface area contributed by atoms with E-state index in [1.165, 1.54) is 0 Å². The van der Waals surface area contributed by atoms with Gasteiger partial charge in [0.25, 0.3) is 0 Å². The van der Waals surface area contributed by atoms with Gasteiger partial charge in [-0.2, -0.15) is 0 Å². The fourth-order valence-corrected chi connectivity index (χ4v) is 2.68. The first-order valence-electron chi connectivity index (χ1n) is 7.14. The summed E-state index contributed by atoms with van der Waals surface area (Å²) < 4.78 is 24.1. The molecule has 0 aromatic heterocycles. The standard InChI is InChI=1S/C15H28O4/c1-10-11-12(19-14(5,6)7)15(18-10,8-16-11)9-17-13(2,3)4/h10-12H,8-9H2,1-7H3/t10-,11?,12+,15-/m0/s1.